The van der Waals surface area contributed by atoms with E-state index < -0.39 is 0 Å². The van der Waals surface area contributed by atoms with Crippen molar-refractivity contribution < 1.29 is 0 Å². The lowest BCUT2D eigenvalue weighted by Crippen LogP contribution is -2.45. The van der Waals surface area contributed by atoms with Crippen molar-refractivity contribution in [2.24, 2.45) is 0 Å². The summed E-state index contributed by atoms with van der Waals surface area (Å²) in [4.78, 5) is 1.37. The molecule has 2 atom stereocenters. The number of nitrogens with one attached hydrogen (secondary N) is 2. The maximum Gasteiger partial charge on any atom is 0.0476 e. The molecule has 1 saturated heterocycles. The van der Waals surface area contributed by atoms with Crippen LogP contribution in [0.15, 0.2) is 59.5 Å². The molecule has 2 N–H and O–H groups in total. The van der Waals surface area contributed by atoms with Crippen molar-refractivity contribution in [1.29, 1.82) is 0 Å². The minimum atomic E-state index is 0.413. The van der Waals surface area contributed by atoms with E-state index in [2.05, 4.69) is 71.5 Å². The van der Waals surface area contributed by atoms with Crippen LogP contribution in [-0.4, -0.2) is 18.8 Å². The van der Waals surface area contributed by atoms with Crippen LogP contribution in [-0.2, 0) is 6.54 Å². The first-order valence-electron chi connectivity index (χ1n) is 8.02. The predicted molar refractivity (Wildman–Crippen MR) is 95.3 cm³/mol. The van der Waals surface area contributed by atoms with Gasteiger partial charge in [0, 0.05) is 23.5 Å². The quantitative estimate of drug-likeness (QED) is 0.816. The van der Waals surface area contributed by atoms with E-state index in [0.717, 1.165) is 13.1 Å². The van der Waals surface area contributed by atoms with Gasteiger partial charge in [0.25, 0.3) is 0 Å². The Kier molecular flexibility index (Phi) is 5.54. The summed E-state index contributed by atoms with van der Waals surface area (Å²) in [5.74, 6) is 0. The maximum atomic E-state index is 3.79. The van der Waals surface area contributed by atoms with Crippen LogP contribution in [0.5, 0.6) is 0 Å². The highest BCUT2D eigenvalue weighted by atomic mass is 32.2. The van der Waals surface area contributed by atoms with Gasteiger partial charge >= 0.3 is 0 Å². The Bertz CT molecular complexity index is 585. The van der Waals surface area contributed by atoms with Crippen molar-refractivity contribution in [1.82, 2.24) is 10.6 Å². The molecule has 0 bridgehead atoms. The Labute approximate surface area is 137 Å². The first-order chi connectivity index (χ1) is 10.9. The molecular weight excluding hydrogens is 288 g/mol. The van der Waals surface area contributed by atoms with Crippen molar-refractivity contribution in [2.75, 3.05) is 12.8 Å². The molecular formula is C19H24N2S. The number of benzene rings is 2. The zero-order valence-electron chi connectivity index (χ0n) is 13.1. The first kappa shape index (κ1) is 15.6. The highest BCUT2D eigenvalue weighted by Gasteiger charge is 2.25. The van der Waals surface area contributed by atoms with Crippen molar-refractivity contribution in [2.45, 2.75) is 36.4 Å². The molecule has 0 aliphatic carbocycles. The third-order valence-electron chi connectivity index (χ3n) is 4.36. The SMILES string of the molecule is CSc1ccccc1CN[C@H]1CCCN[C@H]1c1ccccc1. The van der Waals surface area contributed by atoms with Crippen molar-refractivity contribution in [3.63, 3.8) is 0 Å². The molecule has 1 heterocycles. The van der Waals surface area contributed by atoms with E-state index in [4.69, 9.17) is 0 Å². The minimum absolute atomic E-state index is 0.413. The Morgan fingerprint density at radius 2 is 1.86 bits per heavy atom. The number of hydrogen-bond acceptors (Lipinski definition) is 3. The van der Waals surface area contributed by atoms with Gasteiger partial charge < -0.3 is 10.6 Å². The van der Waals surface area contributed by atoms with E-state index in [0.29, 0.717) is 12.1 Å². The molecule has 2 nitrogen and oxygen atoms in total. The minimum Gasteiger partial charge on any atom is -0.309 e. The summed E-state index contributed by atoms with van der Waals surface area (Å²) in [5.41, 5.74) is 2.78. The van der Waals surface area contributed by atoms with Gasteiger partial charge in [-0.15, -0.1) is 11.8 Å². The molecule has 0 spiro atoms. The monoisotopic (exact) mass is 312 g/mol. The summed E-state index contributed by atoms with van der Waals surface area (Å²) in [5, 5.41) is 7.47. The lowest BCUT2D eigenvalue weighted by atomic mass is 9.92. The average Bonchev–Trinajstić information content (AvgIpc) is 2.61. The van der Waals surface area contributed by atoms with Gasteiger partial charge in [0.2, 0.25) is 0 Å². The van der Waals surface area contributed by atoms with Crippen LogP contribution in [0.25, 0.3) is 0 Å². The van der Waals surface area contributed by atoms with E-state index in [-0.39, 0.29) is 0 Å². The number of hydrogen-bond donors (Lipinski definition) is 2. The summed E-state index contributed by atoms with van der Waals surface area (Å²) >= 11 is 1.82. The summed E-state index contributed by atoms with van der Waals surface area (Å²) in [6.07, 6.45) is 4.62. The smallest absolute Gasteiger partial charge is 0.0476 e. The second kappa shape index (κ2) is 7.82. The Balaban J connectivity index is 1.69. The largest absolute Gasteiger partial charge is 0.309 e. The summed E-state index contributed by atoms with van der Waals surface area (Å²) in [6, 6.07) is 20.4. The van der Waals surface area contributed by atoms with Gasteiger partial charge in [-0.25, -0.2) is 0 Å². The van der Waals surface area contributed by atoms with Crippen molar-refractivity contribution >= 4 is 11.8 Å². The fourth-order valence-corrected chi connectivity index (χ4v) is 3.83. The molecule has 1 aliphatic heterocycles. The molecule has 0 radical (unpaired) electrons. The molecule has 2 aromatic rings. The average molecular weight is 312 g/mol. The topological polar surface area (TPSA) is 24.1 Å². The van der Waals surface area contributed by atoms with E-state index in [9.17, 15) is 0 Å². The molecule has 0 unspecified atom stereocenters. The molecule has 0 amide bonds. The highest BCUT2D eigenvalue weighted by molar-refractivity contribution is 7.98. The summed E-state index contributed by atoms with van der Waals surface area (Å²) in [7, 11) is 0. The molecule has 1 aliphatic rings. The van der Waals surface area contributed by atoms with Crippen LogP contribution in [0.1, 0.15) is 30.0 Å². The molecule has 22 heavy (non-hydrogen) atoms. The fraction of sp³-hybridized carbons (Fsp3) is 0.368. The number of piperidine rings is 1. The Morgan fingerprint density at radius 1 is 1.09 bits per heavy atom. The van der Waals surface area contributed by atoms with Crippen LogP contribution < -0.4 is 10.6 Å². The molecule has 3 rings (SSSR count). The summed E-state index contributed by atoms with van der Waals surface area (Å²) < 4.78 is 0. The molecule has 0 aromatic heterocycles. The van der Waals surface area contributed by atoms with Crippen molar-refractivity contribution in [3.8, 4) is 0 Å². The first-order valence-corrected chi connectivity index (χ1v) is 9.24. The number of rotatable bonds is 5. The van der Waals surface area contributed by atoms with Crippen molar-refractivity contribution in [3.05, 3.63) is 65.7 Å². The number of thioether (sulfide) groups is 1. The molecule has 3 heteroatoms. The standard InChI is InChI=1S/C19H24N2S/c1-22-18-12-6-5-10-16(18)14-21-17-11-7-13-20-19(17)15-8-3-2-4-9-15/h2-6,8-10,12,17,19-21H,7,11,13-14H2,1H3/t17-,19-/m0/s1. The zero-order valence-corrected chi connectivity index (χ0v) is 13.9. The molecule has 2 aromatic carbocycles. The highest BCUT2D eigenvalue weighted by Crippen LogP contribution is 2.25. The van der Waals surface area contributed by atoms with Gasteiger partial charge in [-0.3, -0.25) is 0 Å². The third kappa shape index (κ3) is 3.72. The second-order valence-corrected chi connectivity index (χ2v) is 6.63. The van der Waals surface area contributed by atoms with Crippen LogP contribution in [0.4, 0.5) is 0 Å². The van der Waals surface area contributed by atoms with Gasteiger partial charge in [-0.05, 0) is 42.8 Å². The lowest BCUT2D eigenvalue weighted by molar-refractivity contribution is 0.304. The molecule has 1 fully saturated rings. The van der Waals surface area contributed by atoms with E-state index in [1.165, 1.54) is 28.9 Å². The predicted octanol–water partition coefficient (Wildman–Crippen LogP) is 3.99. The van der Waals surface area contributed by atoms with E-state index >= 15 is 0 Å². The van der Waals surface area contributed by atoms with Gasteiger partial charge in [-0.1, -0.05) is 48.5 Å². The van der Waals surface area contributed by atoms with Crippen LogP contribution in [0, 0.1) is 0 Å². The normalized spacial score (nSPS) is 21.7. The fourth-order valence-electron chi connectivity index (χ4n) is 3.21. The van der Waals surface area contributed by atoms with Crippen LogP contribution in [0.3, 0.4) is 0 Å². The third-order valence-corrected chi connectivity index (χ3v) is 5.20. The van der Waals surface area contributed by atoms with E-state index in [1.54, 1.807) is 0 Å². The van der Waals surface area contributed by atoms with Crippen LogP contribution >= 0.6 is 11.8 Å². The Hall–Kier alpha value is -1.29. The maximum absolute atomic E-state index is 3.79. The van der Waals surface area contributed by atoms with Gasteiger partial charge in [0.15, 0.2) is 0 Å². The van der Waals surface area contributed by atoms with Gasteiger partial charge in [0.1, 0.15) is 0 Å². The van der Waals surface area contributed by atoms with Gasteiger partial charge in [0.05, 0.1) is 0 Å². The van der Waals surface area contributed by atoms with Gasteiger partial charge in [-0.2, -0.15) is 0 Å². The molecule has 0 saturated carbocycles. The second-order valence-electron chi connectivity index (χ2n) is 5.78. The Morgan fingerprint density at radius 3 is 2.68 bits per heavy atom. The molecule has 116 valence electrons. The van der Waals surface area contributed by atoms with Crippen LogP contribution in [0.2, 0.25) is 0 Å². The lowest BCUT2D eigenvalue weighted by Gasteiger charge is -2.34. The summed E-state index contributed by atoms with van der Waals surface area (Å²) in [6.45, 7) is 2.05. The van der Waals surface area contributed by atoms with E-state index in [1.807, 2.05) is 11.8 Å². The zero-order chi connectivity index (χ0) is 15.2.